The smallest absolute Gasteiger partial charge is 0.303 e. The molecule has 8 heteroatoms. The highest BCUT2D eigenvalue weighted by atomic mass is 36.6. The summed E-state index contributed by atoms with van der Waals surface area (Å²) in [6.07, 6.45) is 0.782. The van der Waals surface area contributed by atoms with E-state index in [2.05, 4.69) is 0 Å². The van der Waals surface area contributed by atoms with E-state index in [1.807, 2.05) is 0 Å². The number of hydrogen-bond donors (Lipinski definition) is 1. The van der Waals surface area contributed by atoms with Crippen molar-refractivity contribution < 1.29 is 9.90 Å². The average Bonchev–Trinajstić information content (AvgIpc) is 1.74. The maximum absolute atomic E-state index is 10.1. The molecule has 0 radical (unpaired) electrons. The summed E-state index contributed by atoms with van der Waals surface area (Å²) in [5.74, 6) is -0.906. The van der Waals surface area contributed by atoms with Gasteiger partial charge >= 0.3 is 5.97 Å². The highest BCUT2D eigenvalue weighted by Crippen LogP contribution is 3.09. The fourth-order valence-corrected chi connectivity index (χ4v) is 3.04. The monoisotopic (exact) mass is 308 g/mol. The van der Waals surface area contributed by atoms with Crippen LogP contribution in [0.2, 0.25) is 0 Å². The Morgan fingerprint density at radius 3 is 1.85 bits per heavy atom. The first kappa shape index (κ1) is 14.3. The number of unbranched alkanes of at least 4 members (excludes halogenated alkanes) is 1. The van der Waals surface area contributed by atoms with Crippen molar-refractivity contribution in [1.82, 2.24) is 0 Å². The van der Waals surface area contributed by atoms with E-state index < -0.39 is 10.3 Å². The van der Waals surface area contributed by atoms with Crippen LogP contribution in [0.5, 0.6) is 0 Å². The normalized spacial score (nSPS) is 17.6. The van der Waals surface area contributed by atoms with Crippen molar-refractivity contribution in [3.05, 3.63) is 0 Å². The molecule has 0 aromatic heterocycles. The van der Waals surface area contributed by atoms with Crippen molar-refractivity contribution in [3.8, 4) is 0 Å². The van der Waals surface area contributed by atoms with Gasteiger partial charge in [0, 0.05) is 16.5 Å². The summed E-state index contributed by atoms with van der Waals surface area (Å²) in [6.45, 7) is 0. The zero-order chi connectivity index (χ0) is 10.8. The second-order valence-electron chi connectivity index (χ2n) is 2.68. The van der Waals surface area contributed by atoms with Crippen LogP contribution in [0.3, 0.4) is 0 Å². The minimum absolute atomic E-state index is 0.0128. The van der Waals surface area contributed by atoms with Crippen molar-refractivity contribution in [2.75, 3.05) is 5.75 Å². The molecule has 0 heterocycles. The van der Waals surface area contributed by atoms with Crippen LogP contribution < -0.4 is 0 Å². The molecule has 82 valence electrons. The number of carboxylic acids is 1. The molecule has 1 N–H and O–H groups in total. The summed E-state index contributed by atoms with van der Waals surface area (Å²) in [4.78, 5) is 10.1. The topological polar surface area (TPSA) is 37.3 Å². The van der Waals surface area contributed by atoms with Crippen molar-refractivity contribution in [3.63, 3.8) is 0 Å². The number of aliphatic carboxylic acids is 1. The molecule has 13 heavy (non-hydrogen) atoms. The molecular weight excluding hydrogens is 301 g/mol. The zero-order valence-electron chi connectivity index (χ0n) is 6.48. The van der Waals surface area contributed by atoms with Gasteiger partial charge in [0.1, 0.15) is 0 Å². The first-order valence-electron chi connectivity index (χ1n) is 3.34. The first-order chi connectivity index (χ1) is 5.39. The fraction of sp³-hybridized carbons (Fsp3) is 0.800. The maximum Gasteiger partial charge on any atom is 0.303 e. The van der Waals surface area contributed by atoms with Crippen molar-refractivity contribution in [2.45, 2.75) is 19.3 Å². The second kappa shape index (κ2) is 3.69. The molecule has 0 aliphatic carbocycles. The molecule has 2 nitrogen and oxygen atoms in total. The lowest BCUT2D eigenvalue weighted by molar-refractivity contribution is -0.137. The van der Waals surface area contributed by atoms with E-state index in [4.69, 9.17) is 58.5 Å². The Balaban J connectivity index is 3.86. The molecule has 0 saturated carbocycles. The van der Waals surface area contributed by atoms with Crippen molar-refractivity contribution >= 4 is 63.7 Å². The number of carbonyl (C=O) groups is 1. The molecule has 0 aromatic rings. The Morgan fingerprint density at radius 2 is 1.54 bits per heavy atom. The lowest BCUT2D eigenvalue weighted by Gasteiger charge is -2.50. The van der Waals surface area contributed by atoms with Crippen LogP contribution in [0.1, 0.15) is 19.3 Å². The Hall–Kier alpha value is 1.27. The molecule has 0 spiro atoms. The van der Waals surface area contributed by atoms with Crippen molar-refractivity contribution in [2.24, 2.45) is 0 Å². The Labute approximate surface area is 98.2 Å². The summed E-state index contributed by atoms with van der Waals surface area (Å²) in [5, 5.41) is 8.32. The van der Waals surface area contributed by atoms with E-state index in [0.717, 1.165) is 0 Å². The minimum Gasteiger partial charge on any atom is -0.481 e. The largest absolute Gasteiger partial charge is 0.481 e. The van der Waals surface area contributed by atoms with Crippen LogP contribution in [0.25, 0.3) is 0 Å². The summed E-state index contributed by atoms with van der Waals surface area (Å²) in [7, 11) is 28.0. The molecule has 0 fully saturated rings. The van der Waals surface area contributed by atoms with E-state index >= 15 is 0 Å². The summed E-state index contributed by atoms with van der Waals surface area (Å²) < 4.78 is -4.45. The van der Waals surface area contributed by atoms with Crippen LogP contribution >= 0.6 is 57.8 Å². The zero-order valence-corrected chi connectivity index (χ0v) is 11.1. The highest BCUT2D eigenvalue weighted by molar-refractivity contribution is 9.23. The van der Waals surface area contributed by atoms with Crippen LogP contribution in [0, 0.1) is 0 Å². The molecule has 0 amide bonds. The molecule has 0 unspecified atom stereocenters. The Bertz CT molecular complexity index is 206. The second-order valence-corrected chi connectivity index (χ2v) is 22.6. The van der Waals surface area contributed by atoms with Gasteiger partial charge in [-0.25, -0.2) is 0 Å². The van der Waals surface area contributed by atoms with Crippen molar-refractivity contribution in [1.29, 1.82) is 0 Å². The van der Waals surface area contributed by atoms with Gasteiger partial charge < -0.3 is 5.11 Å². The molecule has 0 aromatic carbocycles. The molecule has 0 saturated heterocycles. The number of rotatable bonds is 5. The first-order valence-corrected chi connectivity index (χ1v) is 10.1. The predicted molar refractivity (Wildman–Crippen MR) is 63.2 cm³/mol. The third-order valence-electron chi connectivity index (χ3n) is 1.17. The Morgan fingerprint density at radius 1 is 1.08 bits per heavy atom. The van der Waals surface area contributed by atoms with Gasteiger partial charge in [-0.1, -0.05) is 0 Å². The van der Waals surface area contributed by atoms with Gasteiger partial charge in [0.2, 0.25) is 0 Å². The molecule has 0 aliphatic rings. The fourth-order valence-electron chi connectivity index (χ4n) is 0.651. The van der Waals surface area contributed by atoms with Gasteiger partial charge in [0.15, 0.2) is 0 Å². The highest BCUT2D eigenvalue weighted by Gasteiger charge is 2.51. The van der Waals surface area contributed by atoms with E-state index in [-0.39, 0.29) is 12.2 Å². The van der Waals surface area contributed by atoms with Gasteiger partial charge in [-0.05, 0) is 66.3 Å². The molecular formula is C5H9Cl5O2S. The van der Waals surface area contributed by atoms with Gasteiger partial charge in [-0.2, -0.15) is 0 Å². The lowest BCUT2D eigenvalue weighted by Crippen LogP contribution is -2.05. The van der Waals surface area contributed by atoms with Crippen LogP contribution in [0.15, 0.2) is 0 Å². The SMILES string of the molecule is O=C(O)CCCCS(Cl)(Cl)(Cl)(Cl)Cl. The maximum atomic E-state index is 10.1. The van der Waals surface area contributed by atoms with Crippen LogP contribution in [-0.2, 0) is 4.79 Å². The molecule has 0 aliphatic heterocycles. The standard InChI is InChI=1S/C5H9Cl5O2S/c6-13(7,8,9,10)4-2-1-3-5(11)12/h1-4H2,(H,11,12). The third kappa shape index (κ3) is 13.3. The number of hydrogen-bond acceptors (Lipinski definition) is 1. The summed E-state index contributed by atoms with van der Waals surface area (Å²) in [6, 6.07) is 0. The minimum atomic E-state index is -4.45. The number of halogens is 5. The van der Waals surface area contributed by atoms with E-state index in [1.54, 1.807) is 0 Å². The lowest BCUT2D eigenvalue weighted by atomic mass is 10.3. The Kier molecular flexibility index (Phi) is 4.05. The molecule has 0 bridgehead atoms. The van der Waals surface area contributed by atoms with Gasteiger partial charge in [-0.3, -0.25) is 4.79 Å². The van der Waals surface area contributed by atoms with E-state index in [9.17, 15) is 4.79 Å². The molecule has 0 rings (SSSR count). The van der Waals surface area contributed by atoms with E-state index in [1.165, 1.54) is 0 Å². The van der Waals surface area contributed by atoms with Gasteiger partial charge in [-0.15, -0.1) is 0 Å². The summed E-state index contributed by atoms with van der Waals surface area (Å²) in [5.41, 5.74) is 0. The summed E-state index contributed by atoms with van der Waals surface area (Å²) >= 11 is 0. The molecule has 0 atom stereocenters. The predicted octanol–water partition coefficient (Wildman–Crippen LogP) is 4.89. The number of carboxylic acid groups (broad SMARTS) is 1. The van der Waals surface area contributed by atoms with Crippen LogP contribution in [-0.4, -0.2) is 16.8 Å². The quantitative estimate of drug-likeness (QED) is 0.734. The van der Waals surface area contributed by atoms with Gasteiger partial charge in [0.25, 0.3) is 0 Å². The van der Waals surface area contributed by atoms with Crippen LogP contribution in [0.4, 0.5) is 0 Å². The third-order valence-corrected chi connectivity index (χ3v) is 4.55. The average molecular weight is 310 g/mol. The van der Waals surface area contributed by atoms with E-state index in [0.29, 0.717) is 12.8 Å². The van der Waals surface area contributed by atoms with Gasteiger partial charge in [0.05, 0.1) is 0 Å².